The number of nitriles is 1. The van der Waals surface area contributed by atoms with Gasteiger partial charge in [-0.2, -0.15) is 5.26 Å². The number of likely N-dealkylation sites (tertiary alicyclic amines) is 2. The number of benzene rings is 1. The highest BCUT2D eigenvalue weighted by Crippen LogP contribution is 2.32. The maximum Gasteiger partial charge on any atom is 0.293 e. The SMILES string of the molecule is CN1CCC(N2CCC(N(C)c3ccc(C#N)cc3[N+](=O)[O-])C2)CC1. The summed E-state index contributed by atoms with van der Waals surface area (Å²) in [6.45, 7) is 4.28. The number of nitro benzene ring substituents is 1. The first-order chi connectivity index (χ1) is 12.0. The molecule has 134 valence electrons. The molecule has 2 fully saturated rings. The van der Waals surface area contributed by atoms with Gasteiger partial charge in [0, 0.05) is 38.3 Å². The number of likely N-dealkylation sites (N-methyl/N-ethyl adjacent to an activating group) is 1. The molecule has 0 spiro atoms. The molecule has 0 saturated carbocycles. The van der Waals surface area contributed by atoms with Gasteiger partial charge in [0.15, 0.2) is 0 Å². The summed E-state index contributed by atoms with van der Waals surface area (Å²) in [6, 6.07) is 7.61. The Balaban J connectivity index is 1.71. The molecule has 2 aliphatic heterocycles. The zero-order valence-corrected chi connectivity index (χ0v) is 14.9. The molecule has 0 aromatic heterocycles. The fraction of sp³-hybridized carbons (Fsp3) is 0.611. The summed E-state index contributed by atoms with van der Waals surface area (Å²) in [5.41, 5.74) is 0.932. The first-order valence-corrected chi connectivity index (χ1v) is 8.83. The lowest BCUT2D eigenvalue weighted by atomic mass is 10.0. The summed E-state index contributed by atoms with van der Waals surface area (Å²) in [7, 11) is 4.10. The van der Waals surface area contributed by atoms with Gasteiger partial charge in [-0.1, -0.05) is 0 Å². The van der Waals surface area contributed by atoms with Gasteiger partial charge >= 0.3 is 0 Å². The Labute approximate surface area is 148 Å². The van der Waals surface area contributed by atoms with Crippen molar-refractivity contribution in [1.82, 2.24) is 9.80 Å². The van der Waals surface area contributed by atoms with E-state index in [4.69, 9.17) is 5.26 Å². The van der Waals surface area contributed by atoms with Gasteiger partial charge in [0.25, 0.3) is 5.69 Å². The van der Waals surface area contributed by atoms with Crippen LogP contribution in [-0.4, -0.2) is 67.1 Å². The third-order valence-corrected chi connectivity index (χ3v) is 5.63. The third-order valence-electron chi connectivity index (χ3n) is 5.63. The monoisotopic (exact) mass is 343 g/mol. The van der Waals surface area contributed by atoms with Gasteiger partial charge in [-0.25, -0.2) is 0 Å². The van der Waals surface area contributed by atoms with Crippen molar-refractivity contribution < 1.29 is 4.92 Å². The van der Waals surface area contributed by atoms with Crippen molar-refractivity contribution in [3.63, 3.8) is 0 Å². The summed E-state index contributed by atoms with van der Waals surface area (Å²) in [5, 5.41) is 20.4. The van der Waals surface area contributed by atoms with E-state index in [0.717, 1.165) is 32.6 Å². The van der Waals surface area contributed by atoms with Gasteiger partial charge in [0.05, 0.1) is 16.6 Å². The molecule has 7 nitrogen and oxygen atoms in total. The first-order valence-electron chi connectivity index (χ1n) is 8.83. The van der Waals surface area contributed by atoms with Crippen molar-refractivity contribution in [3.05, 3.63) is 33.9 Å². The third kappa shape index (κ3) is 3.75. The van der Waals surface area contributed by atoms with Crippen LogP contribution in [0, 0.1) is 21.4 Å². The van der Waals surface area contributed by atoms with Crippen LogP contribution in [0.2, 0.25) is 0 Å². The zero-order chi connectivity index (χ0) is 18.0. The first kappa shape index (κ1) is 17.6. The van der Waals surface area contributed by atoms with E-state index in [0.29, 0.717) is 17.3 Å². The molecule has 1 unspecified atom stereocenters. The van der Waals surface area contributed by atoms with Crippen molar-refractivity contribution in [2.45, 2.75) is 31.3 Å². The Kier molecular flexibility index (Phi) is 5.21. The summed E-state index contributed by atoms with van der Waals surface area (Å²) >= 11 is 0. The number of hydrogen-bond acceptors (Lipinski definition) is 6. The van der Waals surface area contributed by atoms with E-state index in [-0.39, 0.29) is 11.7 Å². The smallest absolute Gasteiger partial charge is 0.293 e. The predicted molar refractivity (Wildman–Crippen MR) is 96.7 cm³/mol. The Morgan fingerprint density at radius 1 is 1.28 bits per heavy atom. The van der Waals surface area contributed by atoms with E-state index in [2.05, 4.69) is 16.8 Å². The molecule has 7 heteroatoms. The van der Waals surface area contributed by atoms with Crippen molar-refractivity contribution in [3.8, 4) is 6.07 Å². The number of hydrogen-bond donors (Lipinski definition) is 0. The van der Waals surface area contributed by atoms with Crippen LogP contribution in [0.4, 0.5) is 11.4 Å². The molecule has 1 aromatic carbocycles. The second kappa shape index (κ2) is 7.38. The maximum atomic E-state index is 11.4. The van der Waals surface area contributed by atoms with Crippen LogP contribution in [0.25, 0.3) is 0 Å². The van der Waals surface area contributed by atoms with Crippen molar-refractivity contribution in [2.75, 3.05) is 45.2 Å². The van der Waals surface area contributed by atoms with E-state index in [1.165, 1.54) is 18.9 Å². The minimum Gasteiger partial charge on any atom is -0.365 e. The molecule has 0 radical (unpaired) electrons. The molecule has 2 aliphatic rings. The second-order valence-electron chi connectivity index (χ2n) is 7.16. The lowest BCUT2D eigenvalue weighted by molar-refractivity contribution is -0.384. The number of anilines is 1. The highest BCUT2D eigenvalue weighted by Gasteiger charge is 2.33. The second-order valence-corrected chi connectivity index (χ2v) is 7.16. The highest BCUT2D eigenvalue weighted by atomic mass is 16.6. The van der Waals surface area contributed by atoms with Crippen LogP contribution < -0.4 is 4.90 Å². The Bertz CT molecular complexity index is 679. The fourth-order valence-electron chi connectivity index (χ4n) is 4.01. The van der Waals surface area contributed by atoms with E-state index in [9.17, 15) is 10.1 Å². The summed E-state index contributed by atoms with van der Waals surface area (Å²) in [5.74, 6) is 0. The van der Waals surface area contributed by atoms with Crippen molar-refractivity contribution in [1.29, 1.82) is 5.26 Å². The average Bonchev–Trinajstić information content (AvgIpc) is 3.11. The van der Waals surface area contributed by atoms with Crippen LogP contribution in [0.3, 0.4) is 0 Å². The number of nitrogens with zero attached hydrogens (tertiary/aromatic N) is 5. The topological polar surface area (TPSA) is 76.6 Å². The van der Waals surface area contributed by atoms with Gasteiger partial charge in [-0.05, 0) is 51.5 Å². The molecule has 1 aromatic rings. The molecule has 2 heterocycles. The van der Waals surface area contributed by atoms with Crippen molar-refractivity contribution in [2.24, 2.45) is 0 Å². The number of nitro groups is 1. The minimum atomic E-state index is -0.392. The van der Waals surface area contributed by atoms with Gasteiger partial charge in [0.1, 0.15) is 5.69 Å². The van der Waals surface area contributed by atoms with Crippen LogP contribution >= 0.6 is 0 Å². The predicted octanol–water partition coefficient (Wildman–Crippen LogP) is 2.07. The summed E-state index contributed by atoms with van der Waals surface area (Å²) in [6.07, 6.45) is 3.41. The summed E-state index contributed by atoms with van der Waals surface area (Å²) in [4.78, 5) is 18.0. The van der Waals surface area contributed by atoms with Crippen LogP contribution in [0.1, 0.15) is 24.8 Å². The standard InChI is InChI=1S/C18H25N5O2/c1-20-8-5-15(6-9-20)22-10-7-16(13-22)21(2)17-4-3-14(12-19)11-18(17)23(24)25/h3-4,11,15-16H,5-10,13H2,1-2H3. The van der Waals surface area contributed by atoms with Gasteiger partial charge in [-0.15, -0.1) is 0 Å². The van der Waals surface area contributed by atoms with Gasteiger partial charge in [0.2, 0.25) is 0 Å². The minimum absolute atomic E-state index is 0.0132. The molecule has 0 N–H and O–H groups in total. The lowest BCUT2D eigenvalue weighted by Crippen LogP contribution is -2.44. The van der Waals surface area contributed by atoms with Gasteiger partial charge in [-0.3, -0.25) is 15.0 Å². The zero-order valence-electron chi connectivity index (χ0n) is 14.9. The van der Waals surface area contributed by atoms with E-state index in [1.807, 2.05) is 18.0 Å². The molecular weight excluding hydrogens is 318 g/mol. The quantitative estimate of drug-likeness (QED) is 0.615. The van der Waals surface area contributed by atoms with E-state index < -0.39 is 4.92 Å². The molecule has 0 bridgehead atoms. The Morgan fingerprint density at radius 2 is 2.00 bits per heavy atom. The lowest BCUT2D eigenvalue weighted by Gasteiger charge is -2.35. The van der Waals surface area contributed by atoms with E-state index >= 15 is 0 Å². The molecule has 3 rings (SSSR count). The molecule has 1 atom stereocenters. The van der Waals surface area contributed by atoms with E-state index in [1.54, 1.807) is 12.1 Å². The summed E-state index contributed by atoms with van der Waals surface area (Å²) < 4.78 is 0. The maximum absolute atomic E-state index is 11.4. The highest BCUT2D eigenvalue weighted by molar-refractivity contribution is 5.65. The fourth-order valence-corrected chi connectivity index (χ4v) is 4.01. The van der Waals surface area contributed by atoms with Gasteiger partial charge < -0.3 is 9.80 Å². The Hall–Kier alpha value is -2.17. The molecule has 0 amide bonds. The van der Waals surface area contributed by atoms with Crippen LogP contribution in [0.15, 0.2) is 18.2 Å². The number of rotatable bonds is 4. The molecule has 25 heavy (non-hydrogen) atoms. The Morgan fingerprint density at radius 3 is 2.64 bits per heavy atom. The largest absolute Gasteiger partial charge is 0.365 e. The van der Waals surface area contributed by atoms with Crippen molar-refractivity contribution >= 4 is 11.4 Å². The van der Waals surface area contributed by atoms with Crippen LogP contribution in [0.5, 0.6) is 0 Å². The molecular formula is C18H25N5O2. The average molecular weight is 343 g/mol. The number of piperidine rings is 1. The molecule has 2 saturated heterocycles. The normalized spacial score (nSPS) is 22.7. The van der Waals surface area contributed by atoms with Crippen LogP contribution in [-0.2, 0) is 0 Å². The molecule has 0 aliphatic carbocycles.